The Morgan fingerprint density at radius 1 is 1.05 bits per heavy atom. The van der Waals surface area contributed by atoms with Gasteiger partial charge in [0.15, 0.2) is 0 Å². The maximum absolute atomic E-state index is 11.9. The molecule has 1 aromatic carbocycles. The summed E-state index contributed by atoms with van der Waals surface area (Å²) < 4.78 is 0. The number of hydrazine groups is 1. The molecule has 0 radical (unpaired) electrons. The van der Waals surface area contributed by atoms with Crippen molar-refractivity contribution < 1.29 is 9.59 Å². The SMILES string of the molecule is CC(NC(=O)C(=O)NN1CCN(C)CC1)c1ccccc1. The summed E-state index contributed by atoms with van der Waals surface area (Å²) in [5.74, 6) is -1.22. The number of benzene rings is 1. The van der Waals surface area contributed by atoms with Crippen LogP contribution in [0.1, 0.15) is 18.5 Å². The number of hydrogen-bond acceptors (Lipinski definition) is 4. The molecular formula is C15H22N4O2. The molecule has 21 heavy (non-hydrogen) atoms. The van der Waals surface area contributed by atoms with Gasteiger partial charge in [0, 0.05) is 26.2 Å². The third kappa shape index (κ3) is 4.54. The van der Waals surface area contributed by atoms with Crippen LogP contribution in [0, 0.1) is 0 Å². The molecule has 1 aliphatic heterocycles. The highest BCUT2D eigenvalue weighted by molar-refractivity contribution is 6.35. The lowest BCUT2D eigenvalue weighted by Crippen LogP contribution is -2.55. The molecule has 1 aromatic rings. The Bertz CT molecular complexity index is 484. The molecule has 1 saturated heterocycles. The Kier molecular flexibility index (Phi) is 5.30. The Morgan fingerprint density at radius 2 is 1.67 bits per heavy atom. The van der Waals surface area contributed by atoms with Crippen LogP contribution < -0.4 is 10.7 Å². The highest BCUT2D eigenvalue weighted by Crippen LogP contribution is 2.10. The molecule has 6 nitrogen and oxygen atoms in total. The Balaban J connectivity index is 1.81. The molecule has 6 heteroatoms. The Morgan fingerprint density at radius 3 is 2.29 bits per heavy atom. The number of piperazine rings is 1. The van der Waals surface area contributed by atoms with E-state index >= 15 is 0 Å². The number of amides is 2. The molecule has 1 aliphatic rings. The topological polar surface area (TPSA) is 64.7 Å². The summed E-state index contributed by atoms with van der Waals surface area (Å²) in [6, 6.07) is 9.37. The molecule has 2 rings (SSSR count). The van der Waals surface area contributed by atoms with Crippen molar-refractivity contribution in [2.75, 3.05) is 33.2 Å². The van der Waals surface area contributed by atoms with E-state index in [9.17, 15) is 9.59 Å². The van der Waals surface area contributed by atoms with E-state index in [1.807, 2.05) is 44.3 Å². The summed E-state index contributed by atoms with van der Waals surface area (Å²) >= 11 is 0. The summed E-state index contributed by atoms with van der Waals surface area (Å²) in [5, 5.41) is 4.49. The zero-order valence-electron chi connectivity index (χ0n) is 12.5. The van der Waals surface area contributed by atoms with E-state index in [0.717, 1.165) is 31.7 Å². The van der Waals surface area contributed by atoms with Gasteiger partial charge in [-0.1, -0.05) is 30.3 Å². The first-order chi connectivity index (χ1) is 10.1. The zero-order valence-corrected chi connectivity index (χ0v) is 12.5. The third-order valence-electron chi connectivity index (χ3n) is 3.62. The maximum atomic E-state index is 11.9. The van der Waals surface area contributed by atoms with E-state index in [0.29, 0.717) is 0 Å². The van der Waals surface area contributed by atoms with Crippen molar-refractivity contribution in [3.8, 4) is 0 Å². The van der Waals surface area contributed by atoms with Crippen molar-refractivity contribution in [2.45, 2.75) is 13.0 Å². The van der Waals surface area contributed by atoms with Crippen LogP contribution >= 0.6 is 0 Å². The first-order valence-corrected chi connectivity index (χ1v) is 7.16. The number of nitrogens with zero attached hydrogens (tertiary/aromatic N) is 2. The zero-order chi connectivity index (χ0) is 15.2. The minimum Gasteiger partial charge on any atom is -0.341 e. The van der Waals surface area contributed by atoms with E-state index in [1.54, 1.807) is 5.01 Å². The van der Waals surface area contributed by atoms with Gasteiger partial charge in [0.25, 0.3) is 0 Å². The van der Waals surface area contributed by atoms with Crippen molar-refractivity contribution in [1.82, 2.24) is 20.7 Å². The summed E-state index contributed by atoms with van der Waals surface area (Å²) in [4.78, 5) is 26.0. The van der Waals surface area contributed by atoms with Crippen molar-refractivity contribution in [2.24, 2.45) is 0 Å². The van der Waals surface area contributed by atoms with Gasteiger partial charge in [-0.25, -0.2) is 5.01 Å². The molecule has 2 amide bonds. The van der Waals surface area contributed by atoms with Crippen molar-refractivity contribution >= 4 is 11.8 Å². The van der Waals surface area contributed by atoms with Crippen molar-refractivity contribution in [3.63, 3.8) is 0 Å². The predicted octanol–water partition coefficient (Wildman–Crippen LogP) is 0.142. The average Bonchev–Trinajstić information content (AvgIpc) is 2.50. The quantitative estimate of drug-likeness (QED) is 0.778. The van der Waals surface area contributed by atoms with Crippen LogP contribution in [0.15, 0.2) is 30.3 Å². The second-order valence-electron chi connectivity index (χ2n) is 5.34. The van der Waals surface area contributed by atoms with Gasteiger partial charge in [-0.05, 0) is 19.5 Å². The number of carbonyl (C=O) groups is 2. The van der Waals surface area contributed by atoms with Gasteiger partial charge in [0.05, 0.1) is 6.04 Å². The molecule has 1 atom stereocenters. The molecule has 0 aromatic heterocycles. The van der Waals surface area contributed by atoms with Gasteiger partial charge >= 0.3 is 11.8 Å². The van der Waals surface area contributed by atoms with Crippen LogP contribution in [0.3, 0.4) is 0 Å². The highest BCUT2D eigenvalue weighted by Gasteiger charge is 2.21. The molecule has 1 heterocycles. The van der Waals surface area contributed by atoms with Crippen molar-refractivity contribution in [3.05, 3.63) is 35.9 Å². The monoisotopic (exact) mass is 290 g/mol. The van der Waals surface area contributed by atoms with Gasteiger partial charge in [0.2, 0.25) is 0 Å². The van der Waals surface area contributed by atoms with Gasteiger partial charge < -0.3 is 10.2 Å². The Hall–Kier alpha value is -1.92. The molecule has 0 aliphatic carbocycles. The first kappa shape index (κ1) is 15.5. The van der Waals surface area contributed by atoms with E-state index in [1.165, 1.54) is 0 Å². The maximum Gasteiger partial charge on any atom is 0.323 e. The summed E-state index contributed by atoms with van der Waals surface area (Å²) in [6.07, 6.45) is 0. The number of nitrogens with one attached hydrogen (secondary N) is 2. The summed E-state index contributed by atoms with van der Waals surface area (Å²) in [5.41, 5.74) is 3.62. The predicted molar refractivity (Wildman–Crippen MR) is 80.2 cm³/mol. The molecule has 1 unspecified atom stereocenters. The van der Waals surface area contributed by atoms with E-state index < -0.39 is 11.8 Å². The second kappa shape index (κ2) is 7.19. The molecule has 114 valence electrons. The smallest absolute Gasteiger partial charge is 0.323 e. The van der Waals surface area contributed by atoms with Crippen LogP contribution in [0.25, 0.3) is 0 Å². The van der Waals surface area contributed by atoms with Gasteiger partial charge in [-0.15, -0.1) is 0 Å². The average molecular weight is 290 g/mol. The fourth-order valence-electron chi connectivity index (χ4n) is 2.20. The number of likely N-dealkylation sites (N-methyl/N-ethyl adjacent to an activating group) is 1. The van der Waals surface area contributed by atoms with Gasteiger partial charge in [-0.3, -0.25) is 15.0 Å². The van der Waals surface area contributed by atoms with E-state index in [4.69, 9.17) is 0 Å². The molecular weight excluding hydrogens is 268 g/mol. The van der Waals surface area contributed by atoms with Gasteiger partial charge in [-0.2, -0.15) is 0 Å². The lowest BCUT2D eigenvalue weighted by atomic mass is 10.1. The van der Waals surface area contributed by atoms with Crippen LogP contribution in [-0.2, 0) is 9.59 Å². The fraction of sp³-hybridized carbons (Fsp3) is 0.467. The number of rotatable bonds is 3. The Labute approximate surface area is 125 Å². The minimum atomic E-state index is -0.609. The normalized spacial score (nSPS) is 18.0. The van der Waals surface area contributed by atoms with Crippen LogP contribution in [0.5, 0.6) is 0 Å². The lowest BCUT2D eigenvalue weighted by Gasteiger charge is -2.32. The standard InChI is InChI=1S/C15H22N4O2/c1-12(13-6-4-3-5-7-13)16-14(20)15(21)17-19-10-8-18(2)9-11-19/h3-7,12H,8-11H2,1-2H3,(H,16,20)(H,17,21). The molecule has 1 fully saturated rings. The number of hydrogen-bond donors (Lipinski definition) is 2. The fourth-order valence-corrected chi connectivity index (χ4v) is 2.20. The van der Waals surface area contributed by atoms with Crippen LogP contribution in [-0.4, -0.2) is 54.9 Å². The molecule has 0 saturated carbocycles. The largest absolute Gasteiger partial charge is 0.341 e. The molecule has 0 spiro atoms. The van der Waals surface area contributed by atoms with E-state index in [-0.39, 0.29) is 6.04 Å². The van der Waals surface area contributed by atoms with Gasteiger partial charge in [0.1, 0.15) is 0 Å². The third-order valence-corrected chi connectivity index (χ3v) is 3.62. The minimum absolute atomic E-state index is 0.197. The highest BCUT2D eigenvalue weighted by atomic mass is 16.2. The summed E-state index contributed by atoms with van der Waals surface area (Å²) in [6.45, 7) is 5.06. The van der Waals surface area contributed by atoms with E-state index in [2.05, 4.69) is 15.6 Å². The van der Waals surface area contributed by atoms with Crippen LogP contribution in [0.4, 0.5) is 0 Å². The second-order valence-corrected chi connectivity index (χ2v) is 5.34. The molecule has 2 N–H and O–H groups in total. The summed E-state index contributed by atoms with van der Waals surface area (Å²) in [7, 11) is 2.04. The number of carbonyl (C=O) groups excluding carboxylic acids is 2. The van der Waals surface area contributed by atoms with Crippen molar-refractivity contribution in [1.29, 1.82) is 0 Å². The lowest BCUT2D eigenvalue weighted by molar-refractivity contribution is -0.143. The molecule has 0 bridgehead atoms. The first-order valence-electron chi connectivity index (χ1n) is 7.16. The van der Waals surface area contributed by atoms with Crippen LogP contribution in [0.2, 0.25) is 0 Å².